The van der Waals surface area contributed by atoms with Gasteiger partial charge in [0, 0.05) is 22.0 Å². The zero-order valence-corrected chi connectivity index (χ0v) is 19.8. The predicted octanol–water partition coefficient (Wildman–Crippen LogP) is 5.43. The molecule has 8 heteroatoms. The monoisotopic (exact) mass is 466 g/mol. The summed E-state index contributed by atoms with van der Waals surface area (Å²) in [5.41, 5.74) is 2.98. The lowest BCUT2D eigenvalue weighted by Gasteiger charge is -2.28. The third kappa shape index (κ3) is 3.80. The van der Waals surface area contributed by atoms with Crippen molar-refractivity contribution in [2.75, 3.05) is 24.0 Å². The number of anilines is 2. The van der Waals surface area contributed by atoms with E-state index in [9.17, 15) is 9.59 Å². The number of ether oxygens (including phenoxy) is 2. The van der Waals surface area contributed by atoms with Gasteiger partial charge in [0.25, 0.3) is 0 Å². The number of rotatable bonds is 4. The summed E-state index contributed by atoms with van der Waals surface area (Å²) < 4.78 is 10.1. The third-order valence-corrected chi connectivity index (χ3v) is 7.53. The van der Waals surface area contributed by atoms with Crippen LogP contribution >= 0.6 is 23.5 Å². The Balaban J connectivity index is 1.96. The number of hydrogen-bond donors (Lipinski definition) is 0. The molecule has 0 N–H and O–H groups in total. The van der Waals surface area contributed by atoms with Crippen molar-refractivity contribution in [1.29, 1.82) is 0 Å². The summed E-state index contributed by atoms with van der Waals surface area (Å²) in [4.78, 5) is 30.8. The van der Waals surface area contributed by atoms with Crippen molar-refractivity contribution >= 4 is 46.8 Å². The van der Waals surface area contributed by atoms with Gasteiger partial charge in [0.2, 0.25) is 0 Å². The second kappa shape index (κ2) is 9.18. The van der Waals surface area contributed by atoms with Gasteiger partial charge in [-0.25, -0.2) is 9.59 Å². The van der Waals surface area contributed by atoms with E-state index in [0.29, 0.717) is 0 Å². The van der Waals surface area contributed by atoms with Crippen molar-refractivity contribution in [2.24, 2.45) is 0 Å². The highest BCUT2D eigenvalue weighted by molar-refractivity contribution is 8.11. The Morgan fingerprint density at radius 2 is 1.22 bits per heavy atom. The van der Waals surface area contributed by atoms with Crippen LogP contribution in [0, 0.1) is 0 Å². The average Bonchev–Trinajstić information content (AvgIpc) is 3.37. The van der Waals surface area contributed by atoms with E-state index in [1.807, 2.05) is 60.7 Å². The number of hydrogen-bond acceptors (Lipinski definition) is 8. The zero-order valence-electron chi connectivity index (χ0n) is 18.1. The smallest absolute Gasteiger partial charge is 0.356 e. The van der Waals surface area contributed by atoms with Crippen LogP contribution in [-0.2, 0) is 19.1 Å². The maximum atomic E-state index is 12.9. The van der Waals surface area contributed by atoms with Crippen LogP contribution in [0.5, 0.6) is 0 Å². The van der Waals surface area contributed by atoms with Gasteiger partial charge in [-0.2, -0.15) is 0 Å². The van der Waals surface area contributed by atoms with Gasteiger partial charge in [-0.15, -0.1) is 0 Å². The van der Waals surface area contributed by atoms with E-state index in [1.165, 1.54) is 26.0 Å². The zero-order chi connectivity index (χ0) is 22.8. The Hall–Kier alpha value is -3.10. The molecule has 0 aliphatic carbocycles. The Morgan fingerprint density at radius 3 is 1.75 bits per heavy atom. The first-order valence-electron chi connectivity index (χ1n) is 9.86. The standard InChI is InChI=1S/C24H22N2O4S2/c1-15-16(2)31-21(25(15)17-11-7-5-8-12-17)22-26(18-13-9-6-10-14-18)19(23(27)29-3)20(32-22)24(28)30-4/h5-14H,1-4H3/b22-21+. The summed E-state index contributed by atoms with van der Waals surface area (Å²) in [7, 11) is 2.61. The van der Waals surface area contributed by atoms with E-state index in [2.05, 4.69) is 18.7 Å². The lowest BCUT2D eigenvalue weighted by molar-refractivity contribution is -0.138. The largest absolute Gasteiger partial charge is 0.465 e. The fourth-order valence-electron chi connectivity index (χ4n) is 3.47. The minimum absolute atomic E-state index is 0.147. The first-order valence-corrected chi connectivity index (χ1v) is 11.5. The molecule has 6 nitrogen and oxygen atoms in total. The van der Waals surface area contributed by atoms with Crippen LogP contribution in [0.25, 0.3) is 0 Å². The number of carbonyl (C=O) groups excluding carboxylic acids is 2. The second-order valence-electron chi connectivity index (χ2n) is 6.96. The quantitative estimate of drug-likeness (QED) is 0.553. The minimum atomic E-state index is -0.604. The normalized spacial score (nSPS) is 18.5. The SMILES string of the molecule is COC(=O)C1=C(C(=O)OC)N(c2ccccc2)/C(=C2\SC(C)=C(C)N2c2ccccc2)S1. The number of thioether (sulfide) groups is 2. The molecular weight excluding hydrogens is 444 g/mol. The maximum Gasteiger partial charge on any atom is 0.356 e. The molecule has 0 spiro atoms. The van der Waals surface area contributed by atoms with Crippen molar-refractivity contribution in [3.63, 3.8) is 0 Å². The van der Waals surface area contributed by atoms with Crippen molar-refractivity contribution in [3.8, 4) is 0 Å². The van der Waals surface area contributed by atoms with E-state index in [4.69, 9.17) is 9.47 Å². The number of nitrogens with zero attached hydrogens (tertiary/aromatic N) is 2. The molecule has 0 fully saturated rings. The Kier molecular flexibility index (Phi) is 6.34. The van der Waals surface area contributed by atoms with Gasteiger partial charge in [-0.3, -0.25) is 4.90 Å². The topological polar surface area (TPSA) is 59.1 Å². The summed E-state index contributed by atoms with van der Waals surface area (Å²) in [5, 5.41) is 1.64. The summed E-state index contributed by atoms with van der Waals surface area (Å²) >= 11 is 2.83. The molecule has 2 aromatic rings. The van der Waals surface area contributed by atoms with E-state index in [1.54, 1.807) is 16.7 Å². The van der Waals surface area contributed by atoms with Crippen LogP contribution in [0.3, 0.4) is 0 Å². The average molecular weight is 467 g/mol. The van der Waals surface area contributed by atoms with Gasteiger partial charge in [-0.1, -0.05) is 59.9 Å². The molecular formula is C24H22N2O4S2. The van der Waals surface area contributed by atoms with Gasteiger partial charge in [0.05, 0.1) is 14.2 Å². The molecule has 0 saturated carbocycles. The first-order chi connectivity index (χ1) is 15.5. The van der Waals surface area contributed by atoms with E-state index in [-0.39, 0.29) is 10.6 Å². The second-order valence-corrected chi connectivity index (χ2v) is 9.16. The van der Waals surface area contributed by atoms with Gasteiger partial charge >= 0.3 is 11.9 Å². The molecule has 0 saturated heterocycles. The Bertz CT molecular complexity index is 1160. The molecule has 0 unspecified atom stereocenters. The van der Waals surface area contributed by atoms with Gasteiger partial charge in [-0.05, 0) is 38.1 Å². The Morgan fingerprint density at radius 1 is 0.719 bits per heavy atom. The summed E-state index contributed by atoms with van der Waals surface area (Å²) in [5.74, 6) is -1.18. The third-order valence-electron chi connectivity index (χ3n) is 5.10. The maximum absolute atomic E-state index is 12.9. The molecule has 0 amide bonds. The molecule has 0 bridgehead atoms. The van der Waals surface area contributed by atoms with E-state index in [0.717, 1.165) is 32.0 Å². The van der Waals surface area contributed by atoms with Crippen LogP contribution in [-0.4, -0.2) is 26.2 Å². The van der Waals surface area contributed by atoms with Gasteiger partial charge < -0.3 is 14.4 Å². The lowest BCUT2D eigenvalue weighted by atomic mass is 10.2. The van der Waals surface area contributed by atoms with Crippen LogP contribution in [0.4, 0.5) is 11.4 Å². The highest BCUT2D eigenvalue weighted by Crippen LogP contribution is 2.53. The summed E-state index contributed by atoms with van der Waals surface area (Å²) in [6.45, 7) is 4.12. The number of methoxy groups -OCH3 is 2. The minimum Gasteiger partial charge on any atom is -0.465 e. The predicted molar refractivity (Wildman–Crippen MR) is 129 cm³/mol. The molecule has 0 aromatic heterocycles. The molecule has 32 heavy (non-hydrogen) atoms. The fraction of sp³-hybridized carbons (Fsp3) is 0.167. The van der Waals surface area contributed by atoms with Crippen molar-refractivity contribution in [3.05, 3.63) is 91.9 Å². The van der Waals surface area contributed by atoms with Crippen LogP contribution in [0.1, 0.15) is 13.8 Å². The molecule has 2 heterocycles. The molecule has 2 aromatic carbocycles. The number of benzene rings is 2. The number of allylic oxidation sites excluding steroid dienone is 2. The number of para-hydroxylation sites is 2. The van der Waals surface area contributed by atoms with Gasteiger partial charge in [0.1, 0.15) is 15.0 Å². The Labute approximate surface area is 195 Å². The number of esters is 2. The molecule has 2 aliphatic rings. The molecule has 4 rings (SSSR count). The highest BCUT2D eigenvalue weighted by atomic mass is 32.2. The summed E-state index contributed by atoms with van der Waals surface area (Å²) in [6, 6.07) is 19.5. The summed E-state index contributed by atoms with van der Waals surface area (Å²) in [6.07, 6.45) is 0. The van der Waals surface area contributed by atoms with Crippen molar-refractivity contribution in [1.82, 2.24) is 0 Å². The van der Waals surface area contributed by atoms with Crippen LogP contribution in [0.2, 0.25) is 0 Å². The van der Waals surface area contributed by atoms with Crippen LogP contribution in [0.15, 0.2) is 91.9 Å². The van der Waals surface area contributed by atoms with E-state index >= 15 is 0 Å². The highest BCUT2D eigenvalue weighted by Gasteiger charge is 2.42. The van der Waals surface area contributed by atoms with E-state index < -0.39 is 11.9 Å². The lowest BCUT2D eigenvalue weighted by Crippen LogP contribution is -2.27. The van der Waals surface area contributed by atoms with Gasteiger partial charge in [0.15, 0.2) is 5.70 Å². The van der Waals surface area contributed by atoms with Crippen LogP contribution < -0.4 is 9.80 Å². The molecule has 0 radical (unpaired) electrons. The van der Waals surface area contributed by atoms with Crippen molar-refractivity contribution in [2.45, 2.75) is 13.8 Å². The first kappa shape index (κ1) is 22.1. The molecule has 0 atom stereocenters. The molecule has 164 valence electrons. The number of carbonyl (C=O) groups is 2. The van der Waals surface area contributed by atoms with Crippen molar-refractivity contribution < 1.29 is 19.1 Å². The molecule has 2 aliphatic heterocycles. The fourth-order valence-corrected chi connectivity index (χ4v) is 5.86.